The minimum absolute atomic E-state index is 0.00357. The Hall–Kier alpha value is -1.33. The van der Waals surface area contributed by atoms with Gasteiger partial charge in [-0.25, -0.2) is 4.98 Å². The molecule has 1 aromatic heterocycles. The quantitative estimate of drug-likeness (QED) is 0.680. The standard InChI is InChI=1S/C15H20N2O2S/c1-4-17-13(18)11-7-5-6-8-12(11)16-14(17)20-10-9-15(2,3)19/h5-8,19H,4,9-10H2,1-3H3. The van der Waals surface area contributed by atoms with Gasteiger partial charge in [0.05, 0.1) is 16.5 Å². The SMILES string of the molecule is CCn1c(SCCC(C)(C)O)nc2ccccc2c1=O. The molecular weight excluding hydrogens is 272 g/mol. The third-order valence-electron chi connectivity index (χ3n) is 3.09. The number of rotatable bonds is 5. The third-order valence-corrected chi connectivity index (χ3v) is 4.07. The number of aliphatic hydroxyl groups is 1. The molecule has 2 rings (SSSR count). The lowest BCUT2D eigenvalue weighted by molar-refractivity contribution is 0.0777. The first-order valence-electron chi connectivity index (χ1n) is 6.77. The van der Waals surface area contributed by atoms with Crippen LogP contribution < -0.4 is 5.56 Å². The summed E-state index contributed by atoms with van der Waals surface area (Å²) in [7, 11) is 0. The zero-order valence-electron chi connectivity index (χ0n) is 12.1. The minimum Gasteiger partial charge on any atom is -0.390 e. The minimum atomic E-state index is -0.693. The molecule has 5 heteroatoms. The fourth-order valence-corrected chi connectivity index (χ4v) is 3.24. The van der Waals surface area contributed by atoms with Crippen LogP contribution in [0, 0.1) is 0 Å². The molecule has 0 aliphatic rings. The van der Waals surface area contributed by atoms with Crippen molar-refractivity contribution in [2.24, 2.45) is 0 Å². The molecule has 1 heterocycles. The van der Waals surface area contributed by atoms with Crippen LogP contribution in [0.5, 0.6) is 0 Å². The fraction of sp³-hybridized carbons (Fsp3) is 0.467. The molecule has 2 aromatic rings. The van der Waals surface area contributed by atoms with Gasteiger partial charge in [-0.05, 0) is 39.3 Å². The first-order chi connectivity index (χ1) is 9.42. The van der Waals surface area contributed by atoms with Gasteiger partial charge in [-0.2, -0.15) is 0 Å². The van der Waals surface area contributed by atoms with Crippen molar-refractivity contribution in [3.8, 4) is 0 Å². The van der Waals surface area contributed by atoms with Crippen molar-refractivity contribution < 1.29 is 5.11 Å². The topological polar surface area (TPSA) is 55.1 Å². The molecule has 1 N–H and O–H groups in total. The van der Waals surface area contributed by atoms with Gasteiger partial charge in [0.2, 0.25) is 0 Å². The molecule has 0 saturated carbocycles. The van der Waals surface area contributed by atoms with Crippen LogP contribution >= 0.6 is 11.8 Å². The molecule has 4 nitrogen and oxygen atoms in total. The second-order valence-corrected chi connectivity index (χ2v) is 6.43. The molecular formula is C15H20N2O2S. The van der Waals surface area contributed by atoms with Gasteiger partial charge in [0.25, 0.3) is 5.56 Å². The van der Waals surface area contributed by atoms with E-state index in [9.17, 15) is 9.90 Å². The van der Waals surface area contributed by atoms with E-state index in [-0.39, 0.29) is 5.56 Å². The Morgan fingerprint density at radius 3 is 2.70 bits per heavy atom. The van der Waals surface area contributed by atoms with Gasteiger partial charge in [-0.3, -0.25) is 9.36 Å². The maximum Gasteiger partial charge on any atom is 0.262 e. The third kappa shape index (κ3) is 3.41. The van der Waals surface area contributed by atoms with E-state index in [2.05, 4.69) is 4.98 Å². The molecule has 0 atom stereocenters. The molecule has 20 heavy (non-hydrogen) atoms. The lowest BCUT2D eigenvalue weighted by Gasteiger charge is -2.17. The molecule has 0 amide bonds. The Morgan fingerprint density at radius 1 is 1.35 bits per heavy atom. The molecule has 0 unspecified atom stereocenters. The van der Waals surface area contributed by atoms with Gasteiger partial charge in [0, 0.05) is 12.3 Å². The van der Waals surface area contributed by atoms with E-state index >= 15 is 0 Å². The van der Waals surface area contributed by atoms with Gasteiger partial charge in [0.1, 0.15) is 0 Å². The van der Waals surface area contributed by atoms with Crippen LogP contribution in [0.2, 0.25) is 0 Å². The highest BCUT2D eigenvalue weighted by atomic mass is 32.2. The summed E-state index contributed by atoms with van der Waals surface area (Å²) in [6, 6.07) is 7.40. The smallest absolute Gasteiger partial charge is 0.262 e. The van der Waals surface area contributed by atoms with Crippen molar-refractivity contribution in [1.82, 2.24) is 9.55 Å². The maximum atomic E-state index is 12.4. The molecule has 108 valence electrons. The average Bonchev–Trinajstić information content (AvgIpc) is 2.38. The molecule has 0 radical (unpaired) electrons. The lowest BCUT2D eigenvalue weighted by atomic mass is 10.1. The number of benzene rings is 1. The maximum absolute atomic E-state index is 12.4. The summed E-state index contributed by atoms with van der Waals surface area (Å²) in [6.07, 6.45) is 0.657. The summed E-state index contributed by atoms with van der Waals surface area (Å²) < 4.78 is 1.69. The molecule has 0 bridgehead atoms. The van der Waals surface area contributed by atoms with E-state index in [0.717, 1.165) is 16.4 Å². The molecule has 0 aliphatic carbocycles. The Balaban J connectivity index is 2.35. The number of nitrogens with zero attached hydrogens (tertiary/aromatic N) is 2. The van der Waals surface area contributed by atoms with Crippen LogP contribution in [0.1, 0.15) is 27.2 Å². The predicted octanol–water partition coefficient (Wildman–Crippen LogP) is 2.67. The van der Waals surface area contributed by atoms with Gasteiger partial charge < -0.3 is 5.11 Å². The van der Waals surface area contributed by atoms with Gasteiger partial charge >= 0.3 is 0 Å². The molecule has 1 aromatic carbocycles. The van der Waals surface area contributed by atoms with E-state index < -0.39 is 5.60 Å². The highest BCUT2D eigenvalue weighted by molar-refractivity contribution is 7.99. The van der Waals surface area contributed by atoms with Crippen molar-refractivity contribution in [3.05, 3.63) is 34.6 Å². The lowest BCUT2D eigenvalue weighted by Crippen LogP contribution is -2.23. The number of fused-ring (bicyclic) bond motifs is 1. The normalized spacial score (nSPS) is 12.0. The van der Waals surface area contributed by atoms with Crippen molar-refractivity contribution in [2.45, 2.75) is 44.5 Å². The van der Waals surface area contributed by atoms with Crippen LogP contribution in [0.3, 0.4) is 0 Å². The van der Waals surface area contributed by atoms with Crippen LogP contribution in [-0.2, 0) is 6.54 Å². The largest absolute Gasteiger partial charge is 0.390 e. The number of hydrogen-bond donors (Lipinski definition) is 1. The Labute approximate surface area is 122 Å². The predicted molar refractivity (Wildman–Crippen MR) is 83.3 cm³/mol. The number of para-hydroxylation sites is 1. The summed E-state index contributed by atoms with van der Waals surface area (Å²) in [5, 5.41) is 11.1. The zero-order chi connectivity index (χ0) is 14.8. The second kappa shape index (κ2) is 5.97. The molecule has 0 spiro atoms. The monoisotopic (exact) mass is 292 g/mol. The van der Waals surface area contributed by atoms with Crippen LogP contribution in [0.4, 0.5) is 0 Å². The molecule has 0 fully saturated rings. The number of aromatic nitrogens is 2. The number of hydrogen-bond acceptors (Lipinski definition) is 4. The van der Waals surface area contributed by atoms with Crippen LogP contribution in [0.15, 0.2) is 34.2 Å². The van der Waals surface area contributed by atoms with E-state index in [0.29, 0.717) is 18.4 Å². The molecule has 0 aliphatic heterocycles. The zero-order valence-corrected chi connectivity index (χ0v) is 12.9. The van der Waals surface area contributed by atoms with Gasteiger partial charge in [-0.1, -0.05) is 23.9 Å². The van der Waals surface area contributed by atoms with Crippen molar-refractivity contribution >= 4 is 22.7 Å². The van der Waals surface area contributed by atoms with Crippen molar-refractivity contribution in [1.29, 1.82) is 0 Å². The highest BCUT2D eigenvalue weighted by Gasteiger charge is 2.14. The van der Waals surface area contributed by atoms with Crippen LogP contribution in [-0.4, -0.2) is 26.0 Å². The summed E-state index contributed by atoms with van der Waals surface area (Å²) in [5.41, 5.74) is 0.0399. The van der Waals surface area contributed by atoms with Crippen LogP contribution in [0.25, 0.3) is 10.9 Å². The van der Waals surface area contributed by atoms with E-state index in [1.54, 1.807) is 18.4 Å². The van der Waals surface area contributed by atoms with Gasteiger partial charge in [0.15, 0.2) is 5.16 Å². The second-order valence-electron chi connectivity index (χ2n) is 5.37. The number of thioether (sulfide) groups is 1. The Kier molecular flexibility index (Phi) is 4.50. The van der Waals surface area contributed by atoms with E-state index in [1.807, 2.05) is 31.2 Å². The summed E-state index contributed by atoms with van der Waals surface area (Å²) in [5.74, 6) is 0.730. The van der Waals surface area contributed by atoms with Gasteiger partial charge in [-0.15, -0.1) is 0 Å². The summed E-state index contributed by atoms with van der Waals surface area (Å²) in [6.45, 7) is 6.11. The van der Waals surface area contributed by atoms with Crippen molar-refractivity contribution in [3.63, 3.8) is 0 Å². The Bertz CT molecular complexity index is 659. The van der Waals surface area contributed by atoms with Crippen molar-refractivity contribution in [2.75, 3.05) is 5.75 Å². The highest BCUT2D eigenvalue weighted by Crippen LogP contribution is 2.21. The Morgan fingerprint density at radius 2 is 2.05 bits per heavy atom. The molecule has 0 saturated heterocycles. The first-order valence-corrected chi connectivity index (χ1v) is 7.75. The fourth-order valence-electron chi connectivity index (χ4n) is 1.93. The van der Waals surface area contributed by atoms with E-state index in [1.165, 1.54) is 11.8 Å². The summed E-state index contributed by atoms with van der Waals surface area (Å²) >= 11 is 1.52. The van der Waals surface area contributed by atoms with E-state index in [4.69, 9.17) is 0 Å². The summed E-state index contributed by atoms with van der Waals surface area (Å²) in [4.78, 5) is 17.0. The average molecular weight is 292 g/mol. The first kappa shape index (κ1) is 15.1.